The topological polar surface area (TPSA) is 25.2 Å². The van der Waals surface area contributed by atoms with Crippen molar-refractivity contribution in [1.29, 1.82) is 0 Å². The van der Waals surface area contributed by atoms with E-state index in [4.69, 9.17) is 4.42 Å². The quantitative estimate of drug-likeness (QED) is 0.819. The van der Waals surface area contributed by atoms with Crippen LogP contribution in [0.2, 0.25) is 0 Å². The van der Waals surface area contributed by atoms with Gasteiger partial charge in [-0.15, -0.1) is 0 Å². The van der Waals surface area contributed by atoms with Gasteiger partial charge in [0.25, 0.3) is 0 Å². The maximum absolute atomic E-state index is 5.16. The number of rotatable bonds is 6. The summed E-state index contributed by atoms with van der Waals surface area (Å²) >= 11 is 1.99. The summed E-state index contributed by atoms with van der Waals surface area (Å²) in [6.45, 7) is 10.0. The van der Waals surface area contributed by atoms with E-state index < -0.39 is 0 Å². The van der Waals surface area contributed by atoms with Gasteiger partial charge in [-0.3, -0.25) is 0 Å². The predicted octanol–water partition coefficient (Wildman–Crippen LogP) is 3.85. The summed E-state index contributed by atoms with van der Waals surface area (Å²) in [7, 11) is 0. The minimum absolute atomic E-state index is 0.315. The van der Waals surface area contributed by atoms with Crippen LogP contribution in [0.25, 0.3) is 0 Å². The molecular formula is C13H23NOS. The Bertz CT molecular complexity index is 277. The van der Waals surface area contributed by atoms with Crippen molar-refractivity contribution in [3.05, 3.63) is 24.2 Å². The van der Waals surface area contributed by atoms with E-state index in [2.05, 4.69) is 39.1 Å². The van der Waals surface area contributed by atoms with E-state index in [0.717, 1.165) is 18.7 Å². The predicted molar refractivity (Wildman–Crippen MR) is 72.0 cm³/mol. The van der Waals surface area contributed by atoms with Crippen LogP contribution >= 0.6 is 11.8 Å². The molecule has 2 nitrogen and oxygen atoms in total. The second kappa shape index (κ2) is 6.36. The molecule has 1 heterocycles. The number of thioether (sulfide) groups is 1. The molecule has 1 unspecified atom stereocenters. The molecule has 1 atom stereocenters. The van der Waals surface area contributed by atoms with Gasteiger partial charge < -0.3 is 9.73 Å². The molecule has 1 aromatic rings. The second-order valence-electron chi connectivity index (χ2n) is 4.99. The highest BCUT2D eigenvalue weighted by molar-refractivity contribution is 8.00. The lowest BCUT2D eigenvalue weighted by molar-refractivity contribution is 0.540. The fourth-order valence-electron chi connectivity index (χ4n) is 1.40. The fraction of sp³-hybridized carbons (Fsp3) is 0.692. The van der Waals surface area contributed by atoms with Crippen molar-refractivity contribution in [3.63, 3.8) is 0 Å². The van der Waals surface area contributed by atoms with Gasteiger partial charge in [-0.25, -0.2) is 0 Å². The molecule has 0 saturated heterocycles. The molecule has 0 saturated carbocycles. The van der Waals surface area contributed by atoms with Crippen LogP contribution in [0.3, 0.4) is 0 Å². The first kappa shape index (κ1) is 13.7. The Labute approximate surface area is 103 Å². The van der Waals surface area contributed by atoms with Gasteiger partial charge in [-0.2, -0.15) is 11.8 Å². The van der Waals surface area contributed by atoms with Crippen LogP contribution in [-0.4, -0.2) is 17.0 Å². The lowest BCUT2D eigenvalue weighted by Crippen LogP contribution is -2.25. The third-order valence-electron chi connectivity index (χ3n) is 2.27. The maximum atomic E-state index is 5.16. The zero-order valence-corrected chi connectivity index (χ0v) is 11.6. The number of hydrogen-bond acceptors (Lipinski definition) is 3. The highest BCUT2D eigenvalue weighted by Crippen LogP contribution is 2.28. The van der Waals surface area contributed by atoms with E-state index in [9.17, 15) is 0 Å². The van der Waals surface area contributed by atoms with Gasteiger partial charge in [0.15, 0.2) is 0 Å². The zero-order valence-electron chi connectivity index (χ0n) is 10.7. The monoisotopic (exact) mass is 241 g/mol. The molecule has 3 heteroatoms. The summed E-state index contributed by atoms with van der Waals surface area (Å²) in [4.78, 5) is 0. The van der Waals surface area contributed by atoms with Crippen molar-refractivity contribution in [2.75, 3.05) is 12.3 Å². The molecule has 92 valence electrons. The fourth-order valence-corrected chi connectivity index (χ4v) is 2.38. The van der Waals surface area contributed by atoms with Crippen LogP contribution in [0.15, 0.2) is 23.0 Å². The maximum Gasteiger partial charge on any atom is 0.0950 e. The largest absolute Gasteiger partial charge is 0.472 e. The first-order valence-corrected chi connectivity index (χ1v) is 6.91. The van der Waals surface area contributed by atoms with Gasteiger partial charge in [0.1, 0.15) is 0 Å². The van der Waals surface area contributed by atoms with Crippen LogP contribution < -0.4 is 5.32 Å². The van der Waals surface area contributed by atoms with E-state index in [1.807, 2.05) is 18.0 Å². The smallest absolute Gasteiger partial charge is 0.0950 e. The van der Waals surface area contributed by atoms with Crippen molar-refractivity contribution in [2.45, 2.75) is 44.9 Å². The Morgan fingerprint density at radius 1 is 1.44 bits per heavy atom. The average Bonchev–Trinajstić information content (AvgIpc) is 2.69. The Morgan fingerprint density at radius 3 is 2.69 bits per heavy atom. The first-order chi connectivity index (χ1) is 7.53. The molecule has 0 aromatic carbocycles. The van der Waals surface area contributed by atoms with Crippen molar-refractivity contribution in [1.82, 2.24) is 5.32 Å². The Hall–Kier alpha value is -0.410. The minimum Gasteiger partial charge on any atom is -0.472 e. The van der Waals surface area contributed by atoms with Crippen LogP contribution in [0.1, 0.15) is 45.7 Å². The summed E-state index contributed by atoms with van der Waals surface area (Å²) < 4.78 is 5.47. The van der Waals surface area contributed by atoms with Gasteiger partial charge in [-0.05, 0) is 19.0 Å². The van der Waals surface area contributed by atoms with E-state index in [-0.39, 0.29) is 0 Å². The summed E-state index contributed by atoms with van der Waals surface area (Å²) in [5.41, 5.74) is 1.25. The van der Waals surface area contributed by atoms with Crippen molar-refractivity contribution >= 4 is 11.8 Å². The molecule has 0 aliphatic carbocycles. The van der Waals surface area contributed by atoms with Crippen molar-refractivity contribution in [2.24, 2.45) is 0 Å². The van der Waals surface area contributed by atoms with Gasteiger partial charge in [0.2, 0.25) is 0 Å². The molecule has 16 heavy (non-hydrogen) atoms. The van der Waals surface area contributed by atoms with E-state index >= 15 is 0 Å². The molecular weight excluding hydrogens is 218 g/mol. The van der Waals surface area contributed by atoms with Gasteiger partial charge in [0.05, 0.1) is 12.5 Å². The molecule has 0 aliphatic rings. The number of nitrogens with one attached hydrogen (secondary N) is 1. The van der Waals surface area contributed by atoms with E-state index in [0.29, 0.717) is 10.8 Å². The van der Waals surface area contributed by atoms with Crippen LogP contribution in [0.4, 0.5) is 0 Å². The molecule has 0 spiro atoms. The van der Waals surface area contributed by atoms with Gasteiger partial charge in [0, 0.05) is 22.1 Å². The van der Waals surface area contributed by atoms with Crippen LogP contribution in [0, 0.1) is 0 Å². The molecule has 0 aliphatic heterocycles. The summed E-state index contributed by atoms with van der Waals surface area (Å²) in [5, 5.41) is 3.56. The third-order valence-corrected chi connectivity index (χ3v) is 3.64. The molecule has 0 bridgehead atoms. The zero-order chi connectivity index (χ0) is 12.0. The summed E-state index contributed by atoms with van der Waals surface area (Å²) in [5.74, 6) is 1.09. The molecule has 0 amide bonds. The summed E-state index contributed by atoms with van der Waals surface area (Å²) in [6, 6.07) is 2.46. The molecule has 1 aromatic heterocycles. The van der Waals surface area contributed by atoms with E-state index in [1.165, 1.54) is 5.56 Å². The highest BCUT2D eigenvalue weighted by Gasteiger charge is 2.17. The molecule has 0 fully saturated rings. The SMILES string of the molecule is CCCNC(CSC(C)(C)C)c1ccoc1. The average molecular weight is 241 g/mol. The molecule has 1 rings (SSSR count). The normalized spacial score (nSPS) is 14.0. The first-order valence-electron chi connectivity index (χ1n) is 5.92. The molecule has 1 N–H and O–H groups in total. The third kappa shape index (κ3) is 5.08. The number of furan rings is 1. The Kier molecular flexibility index (Phi) is 5.42. The minimum atomic E-state index is 0.315. The van der Waals surface area contributed by atoms with Crippen molar-refractivity contribution in [3.8, 4) is 0 Å². The van der Waals surface area contributed by atoms with E-state index in [1.54, 1.807) is 6.26 Å². The van der Waals surface area contributed by atoms with Crippen LogP contribution in [-0.2, 0) is 0 Å². The lowest BCUT2D eigenvalue weighted by Gasteiger charge is -2.23. The van der Waals surface area contributed by atoms with Crippen molar-refractivity contribution < 1.29 is 4.42 Å². The molecule has 0 radical (unpaired) electrons. The summed E-state index contributed by atoms with van der Waals surface area (Å²) in [6.07, 6.45) is 4.75. The standard InChI is InChI=1S/C13H23NOS/c1-5-7-14-12(10-16-13(2,3)4)11-6-8-15-9-11/h6,8-9,12,14H,5,7,10H2,1-4H3. The lowest BCUT2D eigenvalue weighted by atomic mass is 10.2. The highest BCUT2D eigenvalue weighted by atomic mass is 32.2. The second-order valence-corrected chi connectivity index (χ2v) is 6.83. The Morgan fingerprint density at radius 2 is 2.19 bits per heavy atom. The van der Waals surface area contributed by atoms with Gasteiger partial charge in [-0.1, -0.05) is 27.7 Å². The Balaban J connectivity index is 2.51. The number of hydrogen-bond donors (Lipinski definition) is 1. The van der Waals surface area contributed by atoms with Gasteiger partial charge >= 0.3 is 0 Å². The van der Waals surface area contributed by atoms with Crippen LogP contribution in [0.5, 0.6) is 0 Å².